The molecule has 2 aliphatic heterocycles. The van der Waals surface area contributed by atoms with Gasteiger partial charge in [0.25, 0.3) is 5.91 Å². The minimum absolute atomic E-state index is 0.0699. The van der Waals surface area contributed by atoms with Crippen LogP contribution in [-0.4, -0.2) is 50.4 Å². The first-order chi connectivity index (χ1) is 14.3. The molecule has 0 bridgehead atoms. The summed E-state index contributed by atoms with van der Waals surface area (Å²) < 4.78 is 35.3. The van der Waals surface area contributed by atoms with Crippen molar-refractivity contribution >= 4 is 11.8 Å². The number of carbonyl (C=O) groups is 2. The van der Waals surface area contributed by atoms with Crippen molar-refractivity contribution in [2.24, 2.45) is 5.92 Å². The minimum Gasteiger partial charge on any atom is -0.365 e. The number of carbonyl (C=O) groups excluding carboxylic acids is 2. The monoisotopic (exact) mass is 419 g/mol. The number of ether oxygens (including phenoxy) is 1. The topological polar surface area (TPSA) is 89.3 Å². The van der Waals surface area contributed by atoms with Crippen molar-refractivity contribution in [2.75, 3.05) is 13.1 Å². The molecule has 2 aromatic rings. The second-order valence-electron chi connectivity index (χ2n) is 8.09. The predicted molar refractivity (Wildman–Crippen MR) is 101 cm³/mol. The molecule has 3 heterocycles. The summed E-state index contributed by atoms with van der Waals surface area (Å²) in [7, 11) is 0. The molecule has 2 amide bonds. The van der Waals surface area contributed by atoms with E-state index in [0.717, 1.165) is 23.9 Å². The fourth-order valence-corrected chi connectivity index (χ4v) is 3.80. The minimum atomic E-state index is -0.751. The highest BCUT2D eigenvalue weighted by Gasteiger charge is 2.45. The molecule has 1 saturated heterocycles. The molecule has 2 aliphatic rings. The van der Waals surface area contributed by atoms with E-state index in [-0.39, 0.29) is 37.1 Å². The Hall–Kier alpha value is -2.88. The molecule has 0 radical (unpaired) electrons. The van der Waals surface area contributed by atoms with Crippen molar-refractivity contribution < 1.29 is 23.1 Å². The van der Waals surface area contributed by atoms with E-state index >= 15 is 0 Å². The lowest BCUT2D eigenvalue weighted by atomic mass is 10.0. The van der Waals surface area contributed by atoms with Crippen LogP contribution >= 0.6 is 0 Å². The summed E-state index contributed by atoms with van der Waals surface area (Å²) in [5.41, 5.74) is 0.489. The third kappa shape index (κ3) is 3.79. The molecule has 1 unspecified atom stereocenters. The molecule has 10 heteroatoms. The zero-order valence-corrected chi connectivity index (χ0v) is 16.8. The van der Waals surface area contributed by atoms with Crippen LogP contribution in [0, 0.1) is 17.6 Å². The molecule has 30 heavy (non-hydrogen) atoms. The normalized spacial score (nSPS) is 20.6. The van der Waals surface area contributed by atoms with E-state index in [1.165, 1.54) is 4.90 Å². The van der Waals surface area contributed by atoms with Crippen LogP contribution in [-0.2, 0) is 29.2 Å². The van der Waals surface area contributed by atoms with Crippen molar-refractivity contribution in [3.63, 3.8) is 0 Å². The molecule has 8 nitrogen and oxygen atoms in total. The number of rotatable bonds is 4. The van der Waals surface area contributed by atoms with Crippen LogP contribution < -0.4 is 5.32 Å². The molecule has 0 saturated carbocycles. The SMILES string of the molecule is CC(C)C(=O)NCc1nnn2c1COC1(CCN(C(=O)c3cc(F)ccc3F)C1)C2. The van der Waals surface area contributed by atoms with E-state index in [4.69, 9.17) is 4.74 Å². The molecule has 1 aromatic carbocycles. The lowest BCUT2D eigenvalue weighted by Gasteiger charge is -2.34. The van der Waals surface area contributed by atoms with Crippen LogP contribution in [0.1, 0.15) is 42.0 Å². The van der Waals surface area contributed by atoms with Gasteiger partial charge in [-0.1, -0.05) is 19.1 Å². The fraction of sp³-hybridized carbons (Fsp3) is 0.500. The Bertz CT molecular complexity index is 993. The summed E-state index contributed by atoms with van der Waals surface area (Å²) in [6.45, 7) is 5.15. The highest BCUT2D eigenvalue weighted by Crippen LogP contribution is 2.33. The van der Waals surface area contributed by atoms with Gasteiger partial charge in [-0.05, 0) is 24.6 Å². The van der Waals surface area contributed by atoms with Gasteiger partial charge in [-0.2, -0.15) is 0 Å². The Morgan fingerprint density at radius 1 is 1.30 bits per heavy atom. The van der Waals surface area contributed by atoms with Gasteiger partial charge in [0.15, 0.2) is 0 Å². The van der Waals surface area contributed by atoms with Crippen LogP contribution in [0.15, 0.2) is 18.2 Å². The van der Waals surface area contributed by atoms with Crippen molar-refractivity contribution in [3.8, 4) is 0 Å². The van der Waals surface area contributed by atoms with Crippen LogP contribution in [0.3, 0.4) is 0 Å². The van der Waals surface area contributed by atoms with E-state index < -0.39 is 23.1 Å². The quantitative estimate of drug-likeness (QED) is 0.814. The third-order valence-electron chi connectivity index (χ3n) is 5.59. The average Bonchev–Trinajstić information content (AvgIpc) is 3.31. The Labute approximate surface area is 172 Å². The molecule has 1 aromatic heterocycles. The first-order valence-electron chi connectivity index (χ1n) is 9.85. The van der Waals surface area contributed by atoms with E-state index in [0.29, 0.717) is 25.2 Å². The summed E-state index contributed by atoms with van der Waals surface area (Å²) in [6, 6.07) is 2.85. The van der Waals surface area contributed by atoms with Gasteiger partial charge >= 0.3 is 0 Å². The Balaban J connectivity index is 1.44. The summed E-state index contributed by atoms with van der Waals surface area (Å²) in [4.78, 5) is 26.0. The maximum Gasteiger partial charge on any atom is 0.257 e. The molecule has 1 N–H and O–H groups in total. The number of likely N-dealkylation sites (tertiary alicyclic amines) is 1. The zero-order valence-electron chi connectivity index (χ0n) is 16.8. The summed E-state index contributed by atoms with van der Waals surface area (Å²) >= 11 is 0. The van der Waals surface area contributed by atoms with Crippen molar-refractivity contribution in [1.29, 1.82) is 0 Å². The van der Waals surface area contributed by atoms with Gasteiger partial charge in [0.05, 0.1) is 37.5 Å². The largest absolute Gasteiger partial charge is 0.365 e. The van der Waals surface area contributed by atoms with E-state index in [1.807, 2.05) is 13.8 Å². The number of amides is 2. The molecule has 1 fully saturated rings. The molecule has 1 spiro atoms. The maximum atomic E-state index is 14.0. The molecule has 1 atom stereocenters. The molecular formula is C20H23F2N5O3. The lowest BCUT2D eigenvalue weighted by Crippen LogP contribution is -2.45. The maximum absolute atomic E-state index is 14.0. The number of benzene rings is 1. The summed E-state index contributed by atoms with van der Waals surface area (Å²) in [6.07, 6.45) is 0.550. The second kappa shape index (κ2) is 7.75. The number of fused-ring (bicyclic) bond motifs is 1. The van der Waals surface area contributed by atoms with E-state index in [2.05, 4.69) is 15.6 Å². The third-order valence-corrected chi connectivity index (χ3v) is 5.59. The van der Waals surface area contributed by atoms with Crippen molar-refractivity contribution in [2.45, 2.75) is 45.6 Å². The van der Waals surface area contributed by atoms with Crippen LogP contribution in [0.2, 0.25) is 0 Å². The number of hydrogen-bond acceptors (Lipinski definition) is 5. The number of aromatic nitrogens is 3. The van der Waals surface area contributed by atoms with Crippen LogP contribution in [0.5, 0.6) is 0 Å². The Morgan fingerprint density at radius 3 is 2.87 bits per heavy atom. The average molecular weight is 419 g/mol. The number of nitrogens with zero attached hydrogens (tertiary/aromatic N) is 4. The second-order valence-corrected chi connectivity index (χ2v) is 8.09. The van der Waals surface area contributed by atoms with Crippen molar-refractivity contribution in [1.82, 2.24) is 25.2 Å². The van der Waals surface area contributed by atoms with Gasteiger partial charge in [0.1, 0.15) is 22.9 Å². The zero-order chi connectivity index (χ0) is 21.5. The molecule has 160 valence electrons. The molecule has 4 rings (SSSR count). The molecular weight excluding hydrogens is 396 g/mol. The predicted octanol–water partition coefficient (Wildman–Crippen LogP) is 1.64. The fourth-order valence-electron chi connectivity index (χ4n) is 3.80. The number of halogens is 2. The smallest absolute Gasteiger partial charge is 0.257 e. The van der Waals surface area contributed by atoms with Gasteiger partial charge in [-0.15, -0.1) is 5.10 Å². The van der Waals surface area contributed by atoms with E-state index in [1.54, 1.807) is 4.68 Å². The lowest BCUT2D eigenvalue weighted by molar-refractivity contribution is -0.124. The van der Waals surface area contributed by atoms with Gasteiger partial charge in [-0.3, -0.25) is 9.59 Å². The van der Waals surface area contributed by atoms with Gasteiger partial charge < -0.3 is 15.0 Å². The summed E-state index contributed by atoms with van der Waals surface area (Å²) in [5, 5.41) is 11.1. The molecule has 0 aliphatic carbocycles. The van der Waals surface area contributed by atoms with Gasteiger partial charge in [0, 0.05) is 12.5 Å². The first kappa shape index (κ1) is 20.4. The van der Waals surface area contributed by atoms with E-state index in [9.17, 15) is 18.4 Å². The van der Waals surface area contributed by atoms with Gasteiger partial charge in [0.2, 0.25) is 5.91 Å². The van der Waals surface area contributed by atoms with Crippen LogP contribution in [0.4, 0.5) is 8.78 Å². The standard InChI is InChI=1S/C20H23F2N5O3/c1-12(2)18(28)23-8-16-17-9-30-20(11-27(17)25-24-16)5-6-26(10-20)19(29)14-7-13(21)3-4-15(14)22/h3-4,7,12H,5-6,8-11H2,1-2H3,(H,23,28). The highest BCUT2D eigenvalue weighted by molar-refractivity contribution is 5.94. The Morgan fingerprint density at radius 2 is 2.10 bits per heavy atom. The first-order valence-corrected chi connectivity index (χ1v) is 9.85. The summed E-state index contributed by atoms with van der Waals surface area (Å²) in [5.74, 6) is -2.17. The van der Waals surface area contributed by atoms with Crippen molar-refractivity contribution in [3.05, 3.63) is 46.8 Å². The highest BCUT2D eigenvalue weighted by atomic mass is 19.1. The Kier molecular flexibility index (Phi) is 5.27. The van der Waals surface area contributed by atoms with Gasteiger partial charge in [-0.25, -0.2) is 13.5 Å². The number of nitrogens with one attached hydrogen (secondary N) is 1. The number of hydrogen-bond donors (Lipinski definition) is 1. The van der Waals surface area contributed by atoms with Crippen LogP contribution in [0.25, 0.3) is 0 Å².